The Labute approximate surface area is 129 Å². The molecule has 1 atom stereocenters. The first-order valence-corrected chi connectivity index (χ1v) is 8.35. The summed E-state index contributed by atoms with van der Waals surface area (Å²) in [6.07, 6.45) is -4.34. The van der Waals surface area contributed by atoms with Gasteiger partial charge in [0.25, 0.3) is 0 Å². The molecule has 1 N–H and O–H groups in total. The van der Waals surface area contributed by atoms with Crippen molar-refractivity contribution in [2.45, 2.75) is 12.2 Å². The van der Waals surface area contributed by atoms with Crippen LogP contribution in [0.5, 0.6) is 0 Å². The Kier molecular flexibility index (Phi) is 5.92. The molecule has 1 heterocycles. The third kappa shape index (κ3) is 4.73. The van der Waals surface area contributed by atoms with Crippen molar-refractivity contribution in [1.29, 1.82) is 0 Å². The van der Waals surface area contributed by atoms with Crippen molar-refractivity contribution >= 4 is 35.5 Å². The predicted molar refractivity (Wildman–Crippen MR) is 79.9 cm³/mol. The molecule has 1 aliphatic rings. The maximum absolute atomic E-state index is 13.1. The van der Waals surface area contributed by atoms with Crippen LogP contribution in [0.4, 0.5) is 13.2 Å². The summed E-state index contributed by atoms with van der Waals surface area (Å²) in [4.78, 5) is 0. The van der Waals surface area contributed by atoms with E-state index in [2.05, 4.69) is 4.72 Å². The Hall–Kier alpha value is -0.0800. The van der Waals surface area contributed by atoms with Crippen LogP contribution in [0.1, 0.15) is 11.6 Å². The number of nitrogens with zero attached hydrogens (tertiary/aromatic N) is 1. The van der Waals surface area contributed by atoms with Gasteiger partial charge in [0.15, 0.2) is 0 Å². The van der Waals surface area contributed by atoms with Crippen molar-refractivity contribution in [3.63, 3.8) is 0 Å². The molecule has 1 saturated heterocycles. The molecule has 1 fully saturated rings. The van der Waals surface area contributed by atoms with Gasteiger partial charge in [0, 0.05) is 41.8 Å². The highest BCUT2D eigenvalue weighted by molar-refractivity contribution is 7.99. The van der Waals surface area contributed by atoms with Gasteiger partial charge in [0.1, 0.15) is 6.04 Å². The van der Waals surface area contributed by atoms with Crippen molar-refractivity contribution in [3.8, 4) is 0 Å². The van der Waals surface area contributed by atoms with E-state index in [4.69, 9.17) is 11.6 Å². The first-order valence-electron chi connectivity index (χ1n) is 6.04. The lowest BCUT2D eigenvalue weighted by Gasteiger charge is -2.28. The molecule has 0 spiro atoms. The Morgan fingerprint density at radius 2 is 1.80 bits per heavy atom. The first kappa shape index (κ1) is 16.3. The fourth-order valence-electron chi connectivity index (χ4n) is 1.74. The SMILES string of the molecule is FC(F)(F)[C@H](NSN1CCSCC1)c1ccc(Cl)cc1. The number of nitrogens with one attached hydrogen (secondary N) is 1. The molecule has 2 rings (SSSR count). The van der Waals surface area contributed by atoms with Crippen molar-refractivity contribution < 1.29 is 13.2 Å². The molecule has 0 radical (unpaired) electrons. The summed E-state index contributed by atoms with van der Waals surface area (Å²) >= 11 is 8.58. The second-order valence-electron chi connectivity index (χ2n) is 4.28. The number of hydrogen-bond donors (Lipinski definition) is 1. The summed E-state index contributed by atoms with van der Waals surface area (Å²) in [6.45, 7) is 1.57. The van der Waals surface area contributed by atoms with Gasteiger partial charge in [-0.3, -0.25) is 0 Å². The highest BCUT2D eigenvalue weighted by atomic mass is 35.5. The van der Waals surface area contributed by atoms with Crippen LogP contribution in [0.15, 0.2) is 24.3 Å². The summed E-state index contributed by atoms with van der Waals surface area (Å²) < 4.78 is 43.8. The van der Waals surface area contributed by atoms with Crippen molar-refractivity contribution in [2.75, 3.05) is 24.6 Å². The van der Waals surface area contributed by atoms with Gasteiger partial charge < -0.3 is 0 Å². The molecule has 0 amide bonds. The number of benzene rings is 1. The fourth-order valence-corrected chi connectivity index (χ4v) is 3.89. The molecule has 0 aliphatic carbocycles. The molecule has 1 aromatic rings. The van der Waals surface area contributed by atoms with Gasteiger partial charge in [-0.15, -0.1) is 0 Å². The average molecular weight is 343 g/mol. The quantitative estimate of drug-likeness (QED) is 0.827. The highest BCUT2D eigenvalue weighted by Gasteiger charge is 2.41. The predicted octanol–water partition coefficient (Wildman–Crippen LogP) is 4.15. The van der Waals surface area contributed by atoms with E-state index in [1.165, 1.54) is 24.3 Å². The lowest BCUT2D eigenvalue weighted by atomic mass is 10.1. The summed E-state index contributed by atoms with van der Waals surface area (Å²) in [5.41, 5.74) is 0.167. The van der Waals surface area contributed by atoms with Crippen LogP contribution in [0, 0.1) is 0 Å². The molecule has 2 nitrogen and oxygen atoms in total. The lowest BCUT2D eigenvalue weighted by Crippen LogP contribution is -2.35. The van der Waals surface area contributed by atoms with E-state index < -0.39 is 12.2 Å². The molecule has 8 heteroatoms. The minimum Gasteiger partial charge on any atom is -0.236 e. The highest BCUT2D eigenvalue weighted by Crippen LogP contribution is 2.35. The van der Waals surface area contributed by atoms with Crippen molar-refractivity contribution in [3.05, 3.63) is 34.9 Å². The molecule has 0 bridgehead atoms. The zero-order valence-corrected chi connectivity index (χ0v) is 12.9. The Morgan fingerprint density at radius 1 is 1.20 bits per heavy atom. The van der Waals surface area contributed by atoms with E-state index in [0.29, 0.717) is 5.02 Å². The number of halogens is 4. The Morgan fingerprint density at radius 3 is 2.35 bits per heavy atom. The molecular formula is C12H14ClF3N2S2. The van der Waals surface area contributed by atoms with Crippen LogP contribution in [-0.4, -0.2) is 35.1 Å². The second-order valence-corrected chi connectivity index (χ2v) is 6.87. The van der Waals surface area contributed by atoms with Gasteiger partial charge in [-0.05, 0) is 17.7 Å². The number of rotatable bonds is 4. The summed E-state index contributed by atoms with van der Waals surface area (Å²) in [5, 5.41) is 0.426. The first-order chi connectivity index (χ1) is 9.47. The topological polar surface area (TPSA) is 15.3 Å². The van der Waals surface area contributed by atoms with Crippen LogP contribution in [-0.2, 0) is 0 Å². The van der Waals surface area contributed by atoms with Gasteiger partial charge in [0.2, 0.25) is 0 Å². The number of thioether (sulfide) groups is 1. The van der Waals surface area contributed by atoms with E-state index in [1.807, 2.05) is 16.1 Å². The van der Waals surface area contributed by atoms with Crippen LogP contribution < -0.4 is 4.72 Å². The van der Waals surface area contributed by atoms with Crippen LogP contribution in [0.2, 0.25) is 5.02 Å². The monoisotopic (exact) mass is 342 g/mol. The molecule has 0 unspecified atom stereocenters. The second kappa shape index (κ2) is 7.26. The smallest absolute Gasteiger partial charge is 0.236 e. The lowest BCUT2D eigenvalue weighted by molar-refractivity contribution is -0.152. The Balaban J connectivity index is 2.02. The van der Waals surface area contributed by atoms with Crippen LogP contribution in [0.25, 0.3) is 0 Å². The third-order valence-corrected chi connectivity index (χ3v) is 4.96. The molecule has 20 heavy (non-hydrogen) atoms. The van der Waals surface area contributed by atoms with E-state index in [-0.39, 0.29) is 5.56 Å². The minimum atomic E-state index is -4.34. The van der Waals surface area contributed by atoms with Gasteiger partial charge in [-0.1, -0.05) is 23.7 Å². The molecule has 1 aromatic carbocycles. The molecule has 0 aromatic heterocycles. The minimum absolute atomic E-state index is 0.167. The maximum Gasteiger partial charge on any atom is 0.408 e. The summed E-state index contributed by atoms with van der Waals surface area (Å²) in [7, 11) is 0. The molecule has 1 aliphatic heterocycles. The summed E-state index contributed by atoms with van der Waals surface area (Å²) in [5.74, 6) is 1.90. The third-order valence-electron chi connectivity index (χ3n) is 2.80. The standard InChI is InChI=1S/C12H14ClF3N2S2/c13-10-3-1-9(2-4-10)11(12(14,15)16)17-20-18-5-7-19-8-6-18/h1-4,11,17H,5-8H2/t11-/m1/s1. The van der Waals surface area contributed by atoms with Gasteiger partial charge in [-0.25, -0.2) is 9.03 Å². The van der Waals surface area contributed by atoms with E-state index >= 15 is 0 Å². The van der Waals surface area contributed by atoms with E-state index in [0.717, 1.165) is 36.7 Å². The van der Waals surface area contributed by atoms with E-state index in [9.17, 15) is 13.2 Å². The zero-order chi connectivity index (χ0) is 14.6. The Bertz CT molecular complexity index is 422. The molecule has 0 saturated carbocycles. The van der Waals surface area contributed by atoms with E-state index in [1.54, 1.807) is 0 Å². The van der Waals surface area contributed by atoms with Gasteiger partial charge >= 0.3 is 6.18 Å². The fraction of sp³-hybridized carbons (Fsp3) is 0.500. The molecular weight excluding hydrogens is 329 g/mol. The molecule has 112 valence electrons. The largest absolute Gasteiger partial charge is 0.408 e. The van der Waals surface area contributed by atoms with Crippen molar-refractivity contribution in [1.82, 2.24) is 9.03 Å². The van der Waals surface area contributed by atoms with Gasteiger partial charge in [-0.2, -0.15) is 24.9 Å². The number of alkyl halides is 3. The number of hydrogen-bond acceptors (Lipinski definition) is 4. The van der Waals surface area contributed by atoms with Crippen LogP contribution >= 0.6 is 35.5 Å². The average Bonchev–Trinajstić information content (AvgIpc) is 2.41. The van der Waals surface area contributed by atoms with Gasteiger partial charge in [0.05, 0.1) is 0 Å². The summed E-state index contributed by atoms with van der Waals surface area (Å²) in [6, 6.07) is 4.05. The maximum atomic E-state index is 13.1. The zero-order valence-electron chi connectivity index (χ0n) is 10.5. The normalized spacial score (nSPS) is 19.0. The van der Waals surface area contributed by atoms with Crippen molar-refractivity contribution in [2.24, 2.45) is 0 Å². The van der Waals surface area contributed by atoms with Crippen LogP contribution in [0.3, 0.4) is 0 Å².